The fourth-order valence-electron chi connectivity index (χ4n) is 1.39. The smallest absolute Gasteiger partial charge is 0.277 e. The first-order valence-electron chi connectivity index (χ1n) is 5.07. The Balaban J connectivity index is 2.23. The van der Waals surface area contributed by atoms with Gasteiger partial charge in [-0.25, -0.2) is 23.5 Å². The van der Waals surface area contributed by atoms with E-state index < -0.39 is 15.9 Å². The second-order valence-corrected chi connectivity index (χ2v) is 6.57. The van der Waals surface area contributed by atoms with Crippen molar-refractivity contribution in [2.75, 3.05) is 5.32 Å². The molecule has 10 heteroatoms. The van der Waals surface area contributed by atoms with E-state index in [0.29, 0.717) is 0 Å². The zero-order valence-electron chi connectivity index (χ0n) is 10.1. The number of hydrogen-bond acceptors (Lipinski definition) is 6. The molecular formula is C9H11N5O3S2. The summed E-state index contributed by atoms with van der Waals surface area (Å²) in [5.74, 6) is -0.463. The molecule has 0 bridgehead atoms. The van der Waals surface area contributed by atoms with E-state index in [-0.39, 0.29) is 20.7 Å². The molecule has 2 heterocycles. The molecule has 0 aliphatic heterocycles. The van der Waals surface area contributed by atoms with E-state index in [4.69, 9.17) is 5.14 Å². The van der Waals surface area contributed by atoms with Crippen LogP contribution in [0.5, 0.6) is 0 Å². The van der Waals surface area contributed by atoms with Gasteiger partial charge in [-0.3, -0.25) is 10.1 Å². The molecule has 0 atom stereocenters. The molecule has 2 aromatic heterocycles. The largest absolute Gasteiger partial charge is 0.340 e. The molecule has 0 aliphatic rings. The van der Waals surface area contributed by atoms with Crippen LogP contribution in [0.1, 0.15) is 16.2 Å². The molecular weight excluding hydrogens is 290 g/mol. The molecule has 0 spiro atoms. The zero-order valence-corrected chi connectivity index (χ0v) is 11.7. The van der Waals surface area contributed by atoms with Crippen molar-refractivity contribution in [1.29, 1.82) is 0 Å². The van der Waals surface area contributed by atoms with E-state index in [1.807, 2.05) is 0 Å². The summed E-state index contributed by atoms with van der Waals surface area (Å²) in [5.41, 5.74) is 0.469. The maximum Gasteiger partial charge on any atom is 0.277 e. The zero-order chi connectivity index (χ0) is 14.2. The normalized spacial score (nSPS) is 11.5. The van der Waals surface area contributed by atoms with Crippen LogP contribution in [0.3, 0.4) is 0 Å². The first-order chi connectivity index (χ1) is 8.77. The standard InChI is InChI=1S/C9H11N5O3S2/c1-5-8(19(10,16)17)18-9(12-5)13-7(15)6-3-14(2)4-11-6/h3-4H,1-2H3,(H2,10,16,17)(H,12,13,15). The number of aromatic nitrogens is 3. The molecule has 0 radical (unpaired) electrons. The molecule has 2 rings (SSSR count). The van der Waals surface area contributed by atoms with Gasteiger partial charge in [-0.1, -0.05) is 11.3 Å². The van der Waals surface area contributed by atoms with Crippen molar-refractivity contribution in [3.05, 3.63) is 23.9 Å². The Morgan fingerprint density at radius 3 is 2.68 bits per heavy atom. The summed E-state index contributed by atoms with van der Waals surface area (Å²) in [4.78, 5) is 19.6. The highest BCUT2D eigenvalue weighted by Gasteiger charge is 2.19. The molecule has 3 N–H and O–H groups in total. The monoisotopic (exact) mass is 301 g/mol. The highest BCUT2D eigenvalue weighted by atomic mass is 32.2. The fourth-order valence-corrected chi connectivity index (χ4v) is 3.25. The van der Waals surface area contributed by atoms with Gasteiger partial charge >= 0.3 is 0 Å². The number of sulfonamides is 1. The SMILES string of the molecule is Cc1nc(NC(=O)c2cn(C)cn2)sc1S(N)(=O)=O. The third-order valence-corrected chi connectivity index (χ3v) is 4.80. The van der Waals surface area contributed by atoms with Crippen molar-refractivity contribution in [3.63, 3.8) is 0 Å². The summed E-state index contributed by atoms with van der Waals surface area (Å²) in [6.07, 6.45) is 3.02. The van der Waals surface area contributed by atoms with Crippen LogP contribution in [0.25, 0.3) is 0 Å². The second kappa shape index (κ2) is 4.72. The van der Waals surface area contributed by atoms with E-state index in [1.54, 1.807) is 11.6 Å². The predicted molar refractivity (Wildman–Crippen MR) is 69.4 cm³/mol. The topological polar surface area (TPSA) is 120 Å². The lowest BCUT2D eigenvalue weighted by molar-refractivity contribution is 0.102. The Bertz CT molecular complexity index is 731. The number of carbonyl (C=O) groups is 1. The van der Waals surface area contributed by atoms with Gasteiger partial charge in [0.15, 0.2) is 9.34 Å². The first-order valence-corrected chi connectivity index (χ1v) is 7.43. The molecule has 0 aromatic carbocycles. The highest BCUT2D eigenvalue weighted by Crippen LogP contribution is 2.26. The molecule has 1 amide bonds. The average molecular weight is 301 g/mol. The molecule has 19 heavy (non-hydrogen) atoms. The summed E-state index contributed by atoms with van der Waals surface area (Å²) in [5, 5.41) is 7.67. The third kappa shape index (κ3) is 2.97. The van der Waals surface area contributed by atoms with Crippen molar-refractivity contribution in [3.8, 4) is 0 Å². The molecule has 0 unspecified atom stereocenters. The number of carbonyl (C=O) groups excluding carboxylic acids is 1. The highest BCUT2D eigenvalue weighted by molar-refractivity contribution is 7.91. The molecule has 0 saturated carbocycles. The number of hydrogen-bond donors (Lipinski definition) is 2. The number of rotatable bonds is 3. The van der Waals surface area contributed by atoms with E-state index in [9.17, 15) is 13.2 Å². The lowest BCUT2D eigenvalue weighted by Crippen LogP contribution is -2.12. The van der Waals surface area contributed by atoms with Crippen LogP contribution in [0.4, 0.5) is 5.13 Å². The average Bonchev–Trinajstić information content (AvgIpc) is 2.84. The number of amides is 1. The van der Waals surface area contributed by atoms with Gasteiger partial charge < -0.3 is 4.57 Å². The van der Waals surface area contributed by atoms with E-state index in [1.165, 1.54) is 19.4 Å². The molecule has 0 aliphatic carbocycles. The van der Waals surface area contributed by atoms with Crippen molar-refractivity contribution < 1.29 is 13.2 Å². The Morgan fingerprint density at radius 2 is 2.21 bits per heavy atom. The summed E-state index contributed by atoms with van der Waals surface area (Å²) in [6, 6.07) is 0. The Hall–Kier alpha value is -1.78. The number of imidazole rings is 1. The molecule has 0 saturated heterocycles. The summed E-state index contributed by atoms with van der Waals surface area (Å²) >= 11 is 0.806. The quantitative estimate of drug-likeness (QED) is 0.832. The Labute approximate surface area is 113 Å². The molecule has 102 valence electrons. The number of nitrogens with two attached hydrogens (primary N) is 1. The molecule has 8 nitrogen and oxygen atoms in total. The maximum absolute atomic E-state index is 11.8. The van der Waals surface area contributed by atoms with Crippen molar-refractivity contribution >= 4 is 32.4 Å². The third-order valence-electron chi connectivity index (χ3n) is 2.17. The van der Waals surface area contributed by atoms with Gasteiger partial charge in [-0.05, 0) is 6.92 Å². The van der Waals surface area contributed by atoms with Crippen molar-refractivity contribution in [2.24, 2.45) is 12.2 Å². The van der Waals surface area contributed by atoms with Crippen molar-refractivity contribution in [1.82, 2.24) is 14.5 Å². The molecule has 0 fully saturated rings. The lowest BCUT2D eigenvalue weighted by Gasteiger charge is -1.96. The second-order valence-electron chi connectivity index (χ2n) is 3.82. The molecule has 2 aromatic rings. The van der Waals surface area contributed by atoms with Crippen LogP contribution in [0.2, 0.25) is 0 Å². The number of nitrogens with one attached hydrogen (secondary N) is 1. The van der Waals surface area contributed by atoms with Crippen LogP contribution >= 0.6 is 11.3 Å². The number of thiazole rings is 1. The first kappa shape index (κ1) is 13.6. The van der Waals surface area contributed by atoms with E-state index in [0.717, 1.165) is 11.3 Å². The summed E-state index contributed by atoms with van der Waals surface area (Å²) in [7, 11) is -2.09. The minimum atomic E-state index is -3.82. The van der Waals surface area contributed by atoms with Crippen LogP contribution in [-0.2, 0) is 17.1 Å². The maximum atomic E-state index is 11.8. The summed E-state index contributed by atoms with van der Waals surface area (Å²) in [6.45, 7) is 1.51. The lowest BCUT2D eigenvalue weighted by atomic mass is 10.4. The van der Waals surface area contributed by atoms with Gasteiger partial charge in [-0.2, -0.15) is 0 Å². The number of nitrogens with zero attached hydrogens (tertiary/aromatic N) is 3. The van der Waals surface area contributed by atoms with Gasteiger partial charge in [0, 0.05) is 13.2 Å². The van der Waals surface area contributed by atoms with Crippen LogP contribution in [0, 0.1) is 6.92 Å². The number of aryl methyl sites for hydroxylation is 2. The van der Waals surface area contributed by atoms with Gasteiger partial charge in [0.1, 0.15) is 5.69 Å². The predicted octanol–water partition coefficient (Wildman–Crippen LogP) is 0.0847. The van der Waals surface area contributed by atoms with Crippen LogP contribution in [-0.4, -0.2) is 28.9 Å². The van der Waals surface area contributed by atoms with E-state index >= 15 is 0 Å². The minimum absolute atomic E-state index is 0.0659. The van der Waals surface area contributed by atoms with Crippen LogP contribution in [0.15, 0.2) is 16.7 Å². The Morgan fingerprint density at radius 1 is 1.53 bits per heavy atom. The van der Waals surface area contributed by atoms with E-state index in [2.05, 4.69) is 15.3 Å². The number of anilines is 1. The number of primary sulfonamides is 1. The van der Waals surface area contributed by atoms with Crippen LogP contribution < -0.4 is 10.5 Å². The fraction of sp³-hybridized carbons (Fsp3) is 0.222. The minimum Gasteiger partial charge on any atom is -0.340 e. The van der Waals surface area contributed by atoms with Gasteiger partial charge in [0.05, 0.1) is 12.0 Å². The van der Waals surface area contributed by atoms with Gasteiger partial charge in [-0.15, -0.1) is 0 Å². The summed E-state index contributed by atoms with van der Waals surface area (Å²) < 4.78 is 24.0. The van der Waals surface area contributed by atoms with Gasteiger partial charge in [0.25, 0.3) is 5.91 Å². The van der Waals surface area contributed by atoms with Crippen molar-refractivity contribution in [2.45, 2.75) is 11.1 Å². The Kier molecular flexibility index (Phi) is 3.39. The van der Waals surface area contributed by atoms with Gasteiger partial charge in [0.2, 0.25) is 10.0 Å².